The highest BCUT2D eigenvalue weighted by Gasteiger charge is 2.07. The van der Waals surface area contributed by atoms with Gasteiger partial charge in [-0.3, -0.25) is 9.78 Å². The minimum atomic E-state index is -0.118. The molecule has 7 heteroatoms. The van der Waals surface area contributed by atoms with Crippen molar-refractivity contribution < 1.29 is 14.3 Å². The molecule has 2 N–H and O–H groups in total. The van der Waals surface area contributed by atoms with Gasteiger partial charge in [0.1, 0.15) is 0 Å². The predicted molar refractivity (Wildman–Crippen MR) is 107 cm³/mol. The van der Waals surface area contributed by atoms with Gasteiger partial charge in [-0.15, -0.1) is 0 Å². The van der Waals surface area contributed by atoms with Crippen molar-refractivity contribution in [2.24, 2.45) is 0 Å². The van der Waals surface area contributed by atoms with Crippen molar-refractivity contribution >= 4 is 11.6 Å². The van der Waals surface area contributed by atoms with Crippen LogP contribution in [0.15, 0.2) is 36.7 Å². The summed E-state index contributed by atoms with van der Waals surface area (Å²) >= 11 is 0. The number of pyridine rings is 1. The zero-order valence-corrected chi connectivity index (χ0v) is 16.4. The van der Waals surface area contributed by atoms with E-state index in [1.807, 2.05) is 43.3 Å². The van der Waals surface area contributed by atoms with Crippen LogP contribution in [0.25, 0.3) is 0 Å². The smallest absolute Gasteiger partial charge is 0.252 e. The molecule has 7 nitrogen and oxygen atoms in total. The first-order chi connectivity index (χ1) is 13.0. The van der Waals surface area contributed by atoms with Crippen LogP contribution in [0.3, 0.4) is 0 Å². The van der Waals surface area contributed by atoms with Crippen LogP contribution in [0.2, 0.25) is 0 Å². The van der Waals surface area contributed by atoms with E-state index in [2.05, 4.69) is 15.6 Å². The second-order valence-corrected chi connectivity index (χ2v) is 6.39. The van der Waals surface area contributed by atoms with Gasteiger partial charge in [0.2, 0.25) is 0 Å². The molecular weight excluding hydrogens is 344 g/mol. The number of hydrogen-bond acceptors (Lipinski definition) is 6. The molecule has 0 saturated carbocycles. The molecule has 1 aromatic heterocycles. The quantitative estimate of drug-likeness (QED) is 0.665. The van der Waals surface area contributed by atoms with Crippen LogP contribution in [-0.4, -0.2) is 63.7 Å². The Labute approximate surface area is 160 Å². The molecule has 0 radical (unpaired) electrons. The van der Waals surface area contributed by atoms with Gasteiger partial charge in [-0.2, -0.15) is 0 Å². The number of nitrogens with zero attached hydrogens (tertiary/aromatic N) is 2. The van der Waals surface area contributed by atoms with Gasteiger partial charge < -0.3 is 25.0 Å². The fraction of sp³-hybridized carbons (Fsp3) is 0.400. The Bertz CT molecular complexity index is 750. The number of benzene rings is 1. The summed E-state index contributed by atoms with van der Waals surface area (Å²) in [6.07, 6.45) is 4.09. The number of ether oxygens (including phenoxy) is 2. The van der Waals surface area contributed by atoms with Crippen LogP contribution < -0.4 is 20.1 Å². The molecule has 0 atom stereocenters. The summed E-state index contributed by atoms with van der Waals surface area (Å²) in [5, 5.41) is 6.19. The zero-order chi connectivity index (χ0) is 19.6. The fourth-order valence-corrected chi connectivity index (χ4v) is 2.54. The zero-order valence-electron chi connectivity index (χ0n) is 16.4. The Morgan fingerprint density at radius 3 is 2.56 bits per heavy atom. The van der Waals surface area contributed by atoms with Gasteiger partial charge in [0, 0.05) is 32.0 Å². The van der Waals surface area contributed by atoms with Crippen molar-refractivity contribution in [1.29, 1.82) is 0 Å². The Kier molecular flexibility index (Phi) is 7.88. The highest BCUT2D eigenvalue weighted by molar-refractivity contribution is 5.94. The maximum atomic E-state index is 12.2. The minimum absolute atomic E-state index is 0.118. The predicted octanol–water partition coefficient (Wildman–Crippen LogP) is 2.04. The number of nitrogens with one attached hydrogen (secondary N) is 2. The number of carbonyl (C=O) groups is 1. The molecule has 0 fully saturated rings. The van der Waals surface area contributed by atoms with Crippen LogP contribution >= 0.6 is 0 Å². The third-order valence-electron chi connectivity index (χ3n) is 4.04. The van der Waals surface area contributed by atoms with Crippen molar-refractivity contribution in [3.8, 4) is 11.5 Å². The van der Waals surface area contributed by atoms with Crippen molar-refractivity contribution in [3.63, 3.8) is 0 Å². The molecule has 0 aliphatic rings. The van der Waals surface area contributed by atoms with E-state index in [-0.39, 0.29) is 5.91 Å². The first-order valence-corrected chi connectivity index (χ1v) is 8.86. The van der Waals surface area contributed by atoms with Crippen LogP contribution in [0, 0.1) is 0 Å². The third kappa shape index (κ3) is 6.45. The number of hydrogen-bond donors (Lipinski definition) is 2. The number of methoxy groups -OCH3 is 2. The van der Waals surface area contributed by atoms with Gasteiger partial charge in [0.05, 0.1) is 25.5 Å². The van der Waals surface area contributed by atoms with E-state index < -0.39 is 0 Å². The third-order valence-corrected chi connectivity index (χ3v) is 4.04. The lowest BCUT2D eigenvalue weighted by Crippen LogP contribution is -2.31. The topological polar surface area (TPSA) is 75.7 Å². The summed E-state index contributed by atoms with van der Waals surface area (Å²) in [5.41, 5.74) is 2.49. The van der Waals surface area contributed by atoms with E-state index in [1.54, 1.807) is 26.6 Å². The SMILES string of the molecule is COc1ccc(CCNc2cncc(C(=O)NCCN(C)C)c2)cc1OC. The Hall–Kier alpha value is -2.80. The van der Waals surface area contributed by atoms with Crippen LogP contribution in [0.5, 0.6) is 11.5 Å². The van der Waals surface area contributed by atoms with Crippen molar-refractivity contribution in [3.05, 3.63) is 47.8 Å². The summed E-state index contributed by atoms with van der Waals surface area (Å²) in [6.45, 7) is 2.11. The van der Waals surface area contributed by atoms with Gasteiger partial charge in [0.25, 0.3) is 5.91 Å². The monoisotopic (exact) mass is 372 g/mol. The summed E-state index contributed by atoms with van der Waals surface area (Å²) in [5.74, 6) is 1.31. The molecule has 1 aromatic carbocycles. The van der Waals surface area contributed by atoms with E-state index in [4.69, 9.17) is 9.47 Å². The average molecular weight is 372 g/mol. The molecule has 0 aliphatic heterocycles. The molecule has 146 valence electrons. The lowest BCUT2D eigenvalue weighted by atomic mass is 10.1. The fourth-order valence-electron chi connectivity index (χ4n) is 2.54. The van der Waals surface area contributed by atoms with Crippen molar-refractivity contribution in [2.75, 3.05) is 53.3 Å². The van der Waals surface area contributed by atoms with Crippen LogP contribution in [0.1, 0.15) is 15.9 Å². The summed E-state index contributed by atoms with van der Waals surface area (Å²) < 4.78 is 10.6. The molecule has 27 heavy (non-hydrogen) atoms. The first-order valence-electron chi connectivity index (χ1n) is 8.86. The molecule has 2 rings (SSSR count). The maximum Gasteiger partial charge on any atom is 0.252 e. The van der Waals surface area contributed by atoms with Crippen molar-refractivity contribution in [1.82, 2.24) is 15.2 Å². The van der Waals surface area contributed by atoms with Gasteiger partial charge >= 0.3 is 0 Å². The maximum absolute atomic E-state index is 12.2. The molecule has 0 unspecified atom stereocenters. The molecule has 1 amide bonds. The number of anilines is 1. The summed E-state index contributed by atoms with van der Waals surface area (Å²) in [7, 11) is 7.18. The van der Waals surface area contributed by atoms with Gasteiger partial charge in [-0.25, -0.2) is 0 Å². The van der Waals surface area contributed by atoms with E-state index >= 15 is 0 Å². The van der Waals surface area contributed by atoms with Gasteiger partial charge in [-0.05, 0) is 44.3 Å². The molecule has 0 aliphatic carbocycles. The molecular formula is C20H28N4O3. The lowest BCUT2D eigenvalue weighted by Gasteiger charge is -2.12. The first kappa shape index (κ1) is 20.5. The van der Waals surface area contributed by atoms with Crippen LogP contribution in [0.4, 0.5) is 5.69 Å². The molecule has 0 saturated heterocycles. The van der Waals surface area contributed by atoms with Crippen molar-refractivity contribution in [2.45, 2.75) is 6.42 Å². The van der Waals surface area contributed by atoms with E-state index in [9.17, 15) is 4.79 Å². The molecule has 2 aromatic rings. The minimum Gasteiger partial charge on any atom is -0.493 e. The van der Waals surface area contributed by atoms with Crippen LogP contribution in [-0.2, 0) is 6.42 Å². The largest absolute Gasteiger partial charge is 0.493 e. The number of likely N-dealkylation sites (N-methyl/N-ethyl adjacent to an activating group) is 1. The summed E-state index contributed by atoms with van der Waals surface area (Å²) in [4.78, 5) is 18.4. The number of amides is 1. The van der Waals surface area contributed by atoms with Gasteiger partial charge in [-0.1, -0.05) is 6.07 Å². The van der Waals surface area contributed by atoms with E-state index in [0.29, 0.717) is 30.2 Å². The standard InChI is InChI=1S/C20H28N4O3/c1-24(2)10-9-23-20(25)16-12-17(14-21-13-16)22-8-7-15-5-6-18(26-3)19(11-15)27-4/h5-6,11-14,22H,7-10H2,1-4H3,(H,23,25). The summed E-state index contributed by atoms with van der Waals surface area (Å²) in [6, 6.07) is 7.68. The lowest BCUT2D eigenvalue weighted by molar-refractivity contribution is 0.0950. The second kappa shape index (κ2) is 10.4. The second-order valence-electron chi connectivity index (χ2n) is 6.39. The highest BCUT2D eigenvalue weighted by Crippen LogP contribution is 2.27. The molecule has 0 spiro atoms. The Balaban J connectivity index is 1.88. The van der Waals surface area contributed by atoms with E-state index in [0.717, 1.165) is 24.2 Å². The Morgan fingerprint density at radius 2 is 1.85 bits per heavy atom. The van der Waals surface area contributed by atoms with Gasteiger partial charge in [0.15, 0.2) is 11.5 Å². The van der Waals surface area contributed by atoms with E-state index in [1.165, 1.54) is 0 Å². The molecule has 0 bridgehead atoms. The normalized spacial score (nSPS) is 10.6. The Morgan fingerprint density at radius 1 is 1.07 bits per heavy atom. The average Bonchev–Trinajstić information content (AvgIpc) is 2.67. The number of carbonyl (C=O) groups excluding carboxylic acids is 1. The highest BCUT2D eigenvalue weighted by atomic mass is 16.5. The number of aromatic nitrogens is 1. The molecule has 1 heterocycles. The number of rotatable bonds is 10.